The van der Waals surface area contributed by atoms with E-state index in [-0.39, 0.29) is 11.8 Å². The quantitative estimate of drug-likeness (QED) is 0.873. The number of benzene rings is 1. The van der Waals surface area contributed by atoms with Crippen LogP contribution in [0.2, 0.25) is 0 Å². The van der Waals surface area contributed by atoms with E-state index in [4.69, 9.17) is 5.11 Å². The molecule has 4 nitrogen and oxygen atoms in total. The van der Waals surface area contributed by atoms with Crippen molar-refractivity contribution in [1.82, 2.24) is 5.32 Å². The Hall–Kier alpha value is -1.36. The number of aliphatic carboxylic acids is 1. The zero-order chi connectivity index (χ0) is 13.1. The van der Waals surface area contributed by atoms with Gasteiger partial charge in [-0.1, -0.05) is 28.1 Å². The van der Waals surface area contributed by atoms with Gasteiger partial charge in [0.1, 0.15) is 6.04 Å². The van der Waals surface area contributed by atoms with E-state index in [9.17, 15) is 9.59 Å². The Morgan fingerprint density at radius 1 is 1.44 bits per heavy atom. The van der Waals surface area contributed by atoms with E-state index >= 15 is 0 Å². The molecule has 2 rings (SSSR count). The van der Waals surface area contributed by atoms with Crippen molar-refractivity contribution in [3.05, 3.63) is 34.3 Å². The summed E-state index contributed by atoms with van der Waals surface area (Å²) in [4.78, 5) is 22.7. The largest absolute Gasteiger partial charge is 0.480 e. The molecule has 0 aromatic heterocycles. The molecule has 0 radical (unpaired) electrons. The van der Waals surface area contributed by atoms with Crippen LogP contribution in [0.3, 0.4) is 0 Å². The molecule has 1 aliphatic carbocycles. The van der Waals surface area contributed by atoms with Gasteiger partial charge in [-0.25, -0.2) is 4.79 Å². The Kier molecular flexibility index (Phi) is 4.01. The third-order valence-electron chi connectivity index (χ3n) is 2.89. The number of nitrogens with one attached hydrogen (secondary N) is 1. The molecule has 1 atom stereocenters. The summed E-state index contributed by atoms with van der Waals surface area (Å²) in [7, 11) is 0. The van der Waals surface area contributed by atoms with E-state index in [0.717, 1.165) is 22.9 Å². The van der Waals surface area contributed by atoms with Crippen LogP contribution >= 0.6 is 15.9 Å². The molecule has 0 bridgehead atoms. The first-order valence-corrected chi connectivity index (χ1v) is 6.63. The highest BCUT2D eigenvalue weighted by atomic mass is 79.9. The molecule has 5 heteroatoms. The molecule has 0 aliphatic heterocycles. The lowest BCUT2D eigenvalue weighted by Crippen LogP contribution is -2.43. The van der Waals surface area contributed by atoms with Gasteiger partial charge in [0.2, 0.25) is 5.91 Å². The van der Waals surface area contributed by atoms with E-state index in [2.05, 4.69) is 21.2 Å². The van der Waals surface area contributed by atoms with Crippen LogP contribution in [-0.4, -0.2) is 23.0 Å². The van der Waals surface area contributed by atoms with Crippen molar-refractivity contribution in [3.8, 4) is 0 Å². The summed E-state index contributed by atoms with van der Waals surface area (Å²) >= 11 is 3.34. The number of carbonyl (C=O) groups excluding carboxylic acids is 1. The minimum atomic E-state index is -0.996. The Morgan fingerprint density at radius 3 is 2.72 bits per heavy atom. The first-order valence-electron chi connectivity index (χ1n) is 5.84. The van der Waals surface area contributed by atoms with Crippen molar-refractivity contribution >= 4 is 27.8 Å². The van der Waals surface area contributed by atoms with Gasteiger partial charge in [0.25, 0.3) is 0 Å². The van der Waals surface area contributed by atoms with Crippen LogP contribution in [0.4, 0.5) is 0 Å². The van der Waals surface area contributed by atoms with Gasteiger partial charge in [-0.2, -0.15) is 0 Å². The summed E-state index contributed by atoms with van der Waals surface area (Å²) in [6.07, 6.45) is 2.04. The lowest BCUT2D eigenvalue weighted by Gasteiger charge is -2.14. The molecule has 96 valence electrons. The average Bonchev–Trinajstić information content (AvgIpc) is 3.11. The molecule has 1 fully saturated rings. The summed E-state index contributed by atoms with van der Waals surface area (Å²) in [6, 6.07) is 6.58. The van der Waals surface area contributed by atoms with Crippen molar-refractivity contribution in [3.63, 3.8) is 0 Å². The third kappa shape index (κ3) is 3.57. The van der Waals surface area contributed by atoms with Gasteiger partial charge >= 0.3 is 5.97 Å². The van der Waals surface area contributed by atoms with Gasteiger partial charge < -0.3 is 10.4 Å². The van der Waals surface area contributed by atoms with Crippen molar-refractivity contribution in [2.75, 3.05) is 0 Å². The Bertz CT molecular complexity index is 471. The van der Waals surface area contributed by atoms with E-state index in [1.807, 2.05) is 24.3 Å². The fourth-order valence-electron chi connectivity index (χ4n) is 1.73. The Labute approximate surface area is 114 Å². The normalized spacial score (nSPS) is 16.1. The minimum Gasteiger partial charge on any atom is -0.480 e. The van der Waals surface area contributed by atoms with Crippen molar-refractivity contribution in [1.29, 1.82) is 0 Å². The van der Waals surface area contributed by atoms with Gasteiger partial charge in [0.15, 0.2) is 0 Å². The van der Waals surface area contributed by atoms with E-state index < -0.39 is 12.0 Å². The van der Waals surface area contributed by atoms with Crippen LogP contribution in [0.15, 0.2) is 28.7 Å². The summed E-state index contributed by atoms with van der Waals surface area (Å²) in [5.41, 5.74) is 0.882. The van der Waals surface area contributed by atoms with E-state index in [1.165, 1.54) is 0 Å². The summed E-state index contributed by atoms with van der Waals surface area (Å²) in [5.74, 6) is -1.12. The van der Waals surface area contributed by atoms with Crippen LogP contribution < -0.4 is 5.32 Å². The predicted molar refractivity (Wildman–Crippen MR) is 70.1 cm³/mol. The number of halogens is 1. The number of rotatable bonds is 5. The van der Waals surface area contributed by atoms with Gasteiger partial charge in [-0.3, -0.25) is 4.79 Å². The number of hydrogen-bond donors (Lipinski definition) is 2. The molecule has 18 heavy (non-hydrogen) atoms. The molecule has 0 unspecified atom stereocenters. The maximum Gasteiger partial charge on any atom is 0.326 e. The summed E-state index contributed by atoms with van der Waals surface area (Å²) in [5, 5.41) is 11.7. The third-order valence-corrected chi connectivity index (χ3v) is 3.38. The lowest BCUT2D eigenvalue weighted by molar-refractivity contribution is -0.142. The van der Waals surface area contributed by atoms with E-state index in [0.29, 0.717) is 6.42 Å². The monoisotopic (exact) mass is 311 g/mol. The number of amides is 1. The van der Waals surface area contributed by atoms with Crippen molar-refractivity contribution < 1.29 is 14.7 Å². The van der Waals surface area contributed by atoms with Gasteiger partial charge in [0.05, 0.1) is 0 Å². The summed E-state index contributed by atoms with van der Waals surface area (Å²) in [6.45, 7) is 0. The molecule has 1 aromatic carbocycles. The number of carbonyl (C=O) groups is 2. The maximum absolute atomic E-state index is 11.6. The Morgan fingerprint density at radius 2 is 2.17 bits per heavy atom. The molecule has 0 saturated heterocycles. The number of carboxylic acids is 1. The zero-order valence-corrected chi connectivity index (χ0v) is 11.3. The summed E-state index contributed by atoms with van der Waals surface area (Å²) < 4.78 is 0.901. The smallest absolute Gasteiger partial charge is 0.326 e. The van der Waals surface area contributed by atoms with Gasteiger partial charge in [-0.05, 0) is 30.5 Å². The molecule has 2 N–H and O–H groups in total. The topological polar surface area (TPSA) is 66.4 Å². The van der Waals surface area contributed by atoms with Crippen LogP contribution in [-0.2, 0) is 16.0 Å². The fraction of sp³-hybridized carbons (Fsp3) is 0.385. The van der Waals surface area contributed by atoms with Crippen LogP contribution in [0.5, 0.6) is 0 Å². The van der Waals surface area contributed by atoms with E-state index in [1.54, 1.807) is 0 Å². The number of hydrogen-bond acceptors (Lipinski definition) is 2. The second kappa shape index (κ2) is 5.52. The number of carboxylic acid groups (broad SMARTS) is 1. The van der Waals surface area contributed by atoms with Gasteiger partial charge in [0, 0.05) is 16.8 Å². The van der Waals surface area contributed by atoms with Crippen LogP contribution in [0.25, 0.3) is 0 Å². The molecular weight excluding hydrogens is 298 g/mol. The standard InChI is InChI=1S/C13H14BrNO3/c14-10-3-1-2-8(6-10)7-11(13(17)18)15-12(16)9-4-5-9/h1-3,6,9,11H,4-5,7H2,(H,15,16)(H,17,18)/t11-/m0/s1. The zero-order valence-electron chi connectivity index (χ0n) is 9.73. The fourth-order valence-corrected chi connectivity index (χ4v) is 2.18. The van der Waals surface area contributed by atoms with Crippen molar-refractivity contribution in [2.24, 2.45) is 5.92 Å². The minimum absolute atomic E-state index is 0.0226. The molecule has 0 spiro atoms. The second-order valence-corrected chi connectivity index (χ2v) is 5.42. The average molecular weight is 312 g/mol. The molecule has 1 saturated carbocycles. The molecule has 1 aromatic rings. The van der Waals surface area contributed by atoms with Crippen LogP contribution in [0, 0.1) is 5.92 Å². The second-order valence-electron chi connectivity index (χ2n) is 4.51. The SMILES string of the molecule is O=C(N[C@@H](Cc1cccc(Br)c1)C(=O)O)C1CC1. The molecule has 1 aliphatic rings. The Balaban J connectivity index is 2.01. The predicted octanol–water partition coefficient (Wildman–Crippen LogP) is 1.97. The van der Waals surface area contributed by atoms with Gasteiger partial charge in [-0.15, -0.1) is 0 Å². The maximum atomic E-state index is 11.6. The molecule has 0 heterocycles. The molecular formula is C13H14BrNO3. The first-order chi connectivity index (χ1) is 8.56. The van der Waals surface area contributed by atoms with Crippen molar-refractivity contribution in [2.45, 2.75) is 25.3 Å². The first kappa shape index (κ1) is 13.1. The van der Waals surface area contributed by atoms with Crippen LogP contribution in [0.1, 0.15) is 18.4 Å². The highest BCUT2D eigenvalue weighted by molar-refractivity contribution is 9.10. The molecule has 1 amide bonds. The highest BCUT2D eigenvalue weighted by Gasteiger charge is 2.32. The highest BCUT2D eigenvalue weighted by Crippen LogP contribution is 2.29. The lowest BCUT2D eigenvalue weighted by atomic mass is 10.1.